The van der Waals surface area contributed by atoms with Crippen molar-refractivity contribution < 1.29 is 4.79 Å². The summed E-state index contributed by atoms with van der Waals surface area (Å²) in [6, 6.07) is 3.56. The second-order valence-electron chi connectivity index (χ2n) is 1.96. The van der Waals surface area contributed by atoms with Crippen molar-refractivity contribution in [2.45, 2.75) is 5.38 Å². The van der Waals surface area contributed by atoms with Crippen molar-refractivity contribution in [2.75, 3.05) is 5.88 Å². The summed E-state index contributed by atoms with van der Waals surface area (Å²) in [7, 11) is 0. The Hall–Kier alpha value is -0.0500. The monoisotopic (exact) mass is 208 g/mol. The van der Waals surface area contributed by atoms with Crippen molar-refractivity contribution >= 4 is 40.3 Å². The maximum Gasteiger partial charge on any atom is 0.191 e. The Morgan fingerprint density at radius 2 is 2.45 bits per heavy atom. The van der Waals surface area contributed by atoms with Crippen LogP contribution in [-0.2, 0) is 0 Å². The van der Waals surface area contributed by atoms with E-state index in [1.165, 1.54) is 11.3 Å². The minimum Gasteiger partial charge on any atom is -0.292 e. The standard InChI is InChI=1S/C7H6Cl2OS/c8-4-5(9)7(10)6-2-1-3-11-6/h1-3,5H,4H2. The van der Waals surface area contributed by atoms with E-state index in [0.717, 1.165) is 0 Å². The second kappa shape index (κ2) is 4.10. The molecule has 1 atom stereocenters. The molecule has 1 unspecified atom stereocenters. The van der Waals surface area contributed by atoms with Crippen LogP contribution in [0.15, 0.2) is 17.5 Å². The van der Waals surface area contributed by atoms with Gasteiger partial charge in [-0.05, 0) is 11.4 Å². The molecule has 0 aromatic carbocycles. The molecule has 0 radical (unpaired) electrons. The average Bonchev–Trinajstić information content (AvgIpc) is 2.53. The van der Waals surface area contributed by atoms with E-state index in [0.29, 0.717) is 4.88 Å². The summed E-state index contributed by atoms with van der Waals surface area (Å²) in [4.78, 5) is 11.9. The fourth-order valence-corrected chi connectivity index (χ4v) is 1.68. The average molecular weight is 209 g/mol. The summed E-state index contributed by atoms with van der Waals surface area (Å²) in [5, 5.41) is 1.25. The van der Waals surface area contributed by atoms with Crippen LogP contribution in [0.1, 0.15) is 9.67 Å². The minimum atomic E-state index is -0.588. The van der Waals surface area contributed by atoms with E-state index in [1.807, 2.05) is 11.4 Å². The van der Waals surface area contributed by atoms with Crippen molar-refractivity contribution in [3.8, 4) is 0 Å². The highest BCUT2D eigenvalue weighted by Crippen LogP contribution is 2.14. The lowest BCUT2D eigenvalue weighted by molar-refractivity contribution is 0.0996. The Morgan fingerprint density at radius 1 is 1.73 bits per heavy atom. The SMILES string of the molecule is O=C(c1cccs1)C(Cl)CCl. The van der Waals surface area contributed by atoms with Gasteiger partial charge >= 0.3 is 0 Å². The van der Waals surface area contributed by atoms with Gasteiger partial charge in [0.25, 0.3) is 0 Å². The second-order valence-corrected chi connectivity index (χ2v) is 3.75. The topological polar surface area (TPSA) is 17.1 Å². The third-order valence-corrected chi connectivity index (χ3v) is 2.89. The Morgan fingerprint density at radius 3 is 2.91 bits per heavy atom. The van der Waals surface area contributed by atoms with Crippen LogP contribution < -0.4 is 0 Å². The number of carbonyl (C=O) groups excluding carboxylic acids is 1. The lowest BCUT2D eigenvalue weighted by atomic mass is 10.2. The van der Waals surface area contributed by atoms with E-state index in [-0.39, 0.29) is 11.7 Å². The summed E-state index contributed by atoms with van der Waals surface area (Å²) >= 11 is 12.4. The number of alkyl halides is 2. The lowest BCUT2D eigenvalue weighted by Gasteiger charge is -1.99. The van der Waals surface area contributed by atoms with E-state index < -0.39 is 5.38 Å². The molecule has 1 heterocycles. The first-order chi connectivity index (χ1) is 5.25. The molecule has 60 valence electrons. The summed E-state index contributed by atoms with van der Waals surface area (Å²) in [5.74, 6) is 0.0785. The molecule has 0 saturated heterocycles. The van der Waals surface area contributed by atoms with Crippen molar-refractivity contribution in [3.05, 3.63) is 22.4 Å². The number of thiophene rings is 1. The zero-order valence-electron chi connectivity index (χ0n) is 5.59. The van der Waals surface area contributed by atoms with E-state index >= 15 is 0 Å². The van der Waals surface area contributed by atoms with Crippen LogP contribution in [-0.4, -0.2) is 17.0 Å². The molecule has 0 fully saturated rings. The number of ketones is 1. The molecule has 0 aliphatic rings. The number of carbonyl (C=O) groups is 1. The molecular formula is C7H6Cl2OS. The zero-order chi connectivity index (χ0) is 8.27. The van der Waals surface area contributed by atoms with E-state index in [1.54, 1.807) is 6.07 Å². The van der Waals surface area contributed by atoms with Gasteiger partial charge in [-0.2, -0.15) is 0 Å². The molecule has 0 aliphatic carbocycles. The fourth-order valence-electron chi connectivity index (χ4n) is 0.643. The predicted octanol–water partition coefficient (Wildman–Crippen LogP) is 2.78. The van der Waals surface area contributed by atoms with Gasteiger partial charge in [-0.3, -0.25) is 4.79 Å². The molecule has 0 bridgehead atoms. The van der Waals surface area contributed by atoms with Gasteiger partial charge in [-0.25, -0.2) is 0 Å². The van der Waals surface area contributed by atoms with Gasteiger partial charge in [0.15, 0.2) is 5.78 Å². The highest BCUT2D eigenvalue weighted by Gasteiger charge is 2.16. The molecule has 0 spiro atoms. The Kier molecular flexibility index (Phi) is 3.37. The van der Waals surface area contributed by atoms with Gasteiger partial charge in [-0.15, -0.1) is 34.5 Å². The molecule has 11 heavy (non-hydrogen) atoms. The third kappa shape index (κ3) is 2.19. The summed E-state index contributed by atoms with van der Waals surface area (Å²) in [6.45, 7) is 0. The van der Waals surface area contributed by atoms with Crippen LogP contribution in [0.3, 0.4) is 0 Å². The molecule has 0 amide bonds. The smallest absolute Gasteiger partial charge is 0.191 e. The molecule has 1 rings (SSSR count). The molecule has 0 N–H and O–H groups in total. The van der Waals surface area contributed by atoms with Gasteiger partial charge in [0, 0.05) is 5.88 Å². The van der Waals surface area contributed by atoms with Gasteiger partial charge in [0.2, 0.25) is 0 Å². The summed E-state index contributed by atoms with van der Waals surface area (Å²) in [5.41, 5.74) is 0. The number of halogens is 2. The van der Waals surface area contributed by atoms with E-state index in [9.17, 15) is 4.79 Å². The first-order valence-electron chi connectivity index (χ1n) is 3.03. The van der Waals surface area contributed by atoms with Gasteiger partial charge < -0.3 is 0 Å². The van der Waals surface area contributed by atoms with Crippen LogP contribution in [0.4, 0.5) is 0 Å². The summed E-state index contributed by atoms with van der Waals surface area (Å²) < 4.78 is 0. The van der Waals surface area contributed by atoms with Crippen LogP contribution in [0, 0.1) is 0 Å². The van der Waals surface area contributed by atoms with Gasteiger partial charge in [-0.1, -0.05) is 6.07 Å². The first-order valence-corrected chi connectivity index (χ1v) is 4.88. The van der Waals surface area contributed by atoms with E-state index in [2.05, 4.69) is 0 Å². The largest absolute Gasteiger partial charge is 0.292 e. The summed E-state index contributed by atoms with van der Waals surface area (Å²) in [6.07, 6.45) is 0. The first kappa shape index (κ1) is 9.04. The van der Waals surface area contributed by atoms with Gasteiger partial charge in [0.05, 0.1) is 4.88 Å². The number of Topliss-reactive ketones (excluding diaryl/α,β-unsaturated/α-hetero) is 1. The van der Waals surface area contributed by atoms with Crippen LogP contribution >= 0.6 is 34.5 Å². The zero-order valence-corrected chi connectivity index (χ0v) is 7.92. The van der Waals surface area contributed by atoms with Crippen LogP contribution in [0.5, 0.6) is 0 Å². The minimum absolute atomic E-state index is 0.0864. The normalized spacial score (nSPS) is 12.9. The number of hydrogen-bond acceptors (Lipinski definition) is 2. The Bertz CT molecular complexity index is 233. The lowest BCUT2D eigenvalue weighted by Crippen LogP contribution is -2.14. The van der Waals surface area contributed by atoms with Crippen molar-refractivity contribution in [1.29, 1.82) is 0 Å². The Labute approximate surface area is 78.9 Å². The highest BCUT2D eigenvalue weighted by atomic mass is 35.5. The van der Waals surface area contributed by atoms with Crippen LogP contribution in [0.25, 0.3) is 0 Å². The predicted molar refractivity (Wildman–Crippen MR) is 49.0 cm³/mol. The molecular weight excluding hydrogens is 203 g/mol. The number of rotatable bonds is 3. The molecule has 0 aliphatic heterocycles. The number of hydrogen-bond donors (Lipinski definition) is 0. The molecule has 4 heteroatoms. The van der Waals surface area contributed by atoms with Gasteiger partial charge in [0.1, 0.15) is 5.38 Å². The maximum atomic E-state index is 11.2. The molecule has 1 nitrogen and oxygen atoms in total. The fraction of sp³-hybridized carbons (Fsp3) is 0.286. The highest BCUT2D eigenvalue weighted by molar-refractivity contribution is 7.12. The molecule has 1 aromatic rings. The van der Waals surface area contributed by atoms with Crippen molar-refractivity contribution in [1.82, 2.24) is 0 Å². The van der Waals surface area contributed by atoms with Crippen LogP contribution in [0.2, 0.25) is 0 Å². The third-order valence-electron chi connectivity index (χ3n) is 1.18. The van der Waals surface area contributed by atoms with Crippen molar-refractivity contribution in [2.24, 2.45) is 0 Å². The Balaban J connectivity index is 2.70. The molecule has 1 aromatic heterocycles. The maximum absolute atomic E-state index is 11.2. The van der Waals surface area contributed by atoms with Crippen molar-refractivity contribution in [3.63, 3.8) is 0 Å². The van der Waals surface area contributed by atoms with E-state index in [4.69, 9.17) is 23.2 Å². The molecule has 0 saturated carbocycles. The quantitative estimate of drug-likeness (QED) is 0.552.